The number of rotatable bonds is 6. The van der Waals surface area contributed by atoms with Crippen molar-refractivity contribution in [3.05, 3.63) is 88.3 Å². The normalized spacial score (nSPS) is 12.2. The predicted molar refractivity (Wildman–Crippen MR) is 153 cm³/mol. The molecule has 0 aliphatic heterocycles. The number of esters is 1. The fourth-order valence-electron chi connectivity index (χ4n) is 4.18. The van der Waals surface area contributed by atoms with Crippen molar-refractivity contribution >= 4 is 38.3 Å². The largest absolute Gasteiger partial charge is 0.481 e. The summed E-state index contributed by atoms with van der Waals surface area (Å²) in [4.78, 5) is 13.8. The number of fused-ring (bicyclic) bond motifs is 1. The molecule has 4 aromatic rings. The van der Waals surface area contributed by atoms with Crippen LogP contribution in [-0.2, 0) is 9.53 Å². The van der Waals surface area contributed by atoms with Crippen molar-refractivity contribution in [1.29, 1.82) is 0 Å². The second kappa shape index (κ2) is 11.4. The minimum Gasteiger partial charge on any atom is -0.481 e. The molecule has 0 saturated heterocycles. The first-order valence-corrected chi connectivity index (χ1v) is 14.3. The number of thioether (sulfide) groups is 1. The summed E-state index contributed by atoms with van der Waals surface area (Å²) >= 11 is -0.182. The zero-order chi connectivity index (χ0) is 28.4. The molecule has 1 atom stereocenters. The van der Waals surface area contributed by atoms with Gasteiger partial charge in [-0.3, -0.25) is 0 Å². The third-order valence-corrected chi connectivity index (χ3v) is 8.73. The number of benzene rings is 3. The monoisotopic (exact) mass is 569 g/mol. The number of ether oxygens (including phenoxy) is 2. The highest BCUT2D eigenvalue weighted by Gasteiger charge is 2.29. The Labute approximate surface area is 233 Å². The van der Waals surface area contributed by atoms with Crippen LogP contribution in [0.4, 0.5) is 13.2 Å². The third-order valence-electron chi connectivity index (χ3n) is 5.83. The zero-order valence-corrected chi connectivity index (χ0v) is 23.9. The number of carbonyl (C=O) groups is 1. The Hall–Kier alpha value is -3.41. The van der Waals surface area contributed by atoms with Gasteiger partial charge in [0, 0.05) is 44.0 Å². The lowest BCUT2D eigenvalue weighted by Gasteiger charge is -2.19. The van der Waals surface area contributed by atoms with E-state index in [4.69, 9.17) is 9.47 Å². The molecule has 0 bridgehead atoms. The second-order valence-corrected chi connectivity index (χ2v) is 12.6. The van der Waals surface area contributed by atoms with Crippen LogP contribution in [0.5, 0.6) is 5.75 Å². The maximum Gasteiger partial charge on any atom is 0.446 e. The lowest BCUT2D eigenvalue weighted by atomic mass is 10.1. The van der Waals surface area contributed by atoms with Crippen LogP contribution in [0.2, 0.25) is 0 Å². The first-order chi connectivity index (χ1) is 18.3. The molecule has 3 nitrogen and oxygen atoms in total. The quantitative estimate of drug-likeness (QED) is 0.101. The number of carbonyl (C=O) groups excluding carboxylic acids is 1. The molecular formula is C31H28F3O3S2+. The van der Waals surface area contributed by atoms with Gasteiger partial charge in [-0.05, 0) is 93.9 Å². The van der Waals surface area contributed by atoms with Crippen molar-refractivity contribution in [3.63, 3.8) is 0 Å². The van der Waals surface area contributed by atoms with E-state index in [0.717, 1.165) is 11.1 Å². The number of hydrogen-bond donors (Lipinski definition) is 0. The molecule has 3 aromatic carbocycles. The molecule has 0 fully saturated rings. The summed E-state index contributed by atoms with van der Waals surface area (Å²) in [6.07, 6.45) is 0. The molecule has 202 valence electrons. The van der Waals surface area contributed by atoms with Gasteiger partial charge in [0.1, 0.15) is 11.1 Å². The van der Waals surface area contributed by atoms with E-state index in [1.165, 1.54) is 44.8 Å². The summed E-state index contributed by atoms with van der Waals surface area (Å²) in [6.45, 7) is 9.08. The second-order valence-electron chi connectivity index (χ2n) is 9.62. The maximum absolute atomic E-state index is 12.6. The van der Waals surface area contributed by atoms with E-state index in [1.54, 1.807) is 13.8 Å². The first kappa shape index (κ1) is 28.6. The Morgan fingerprint density at radius 1 is 0.949 bits per heavy atom. The number of halogens is 3. The minimum absolute atomic E-state index is 0.0783. The van der Waals surface area contributed by atoms with Crippen LogP contribution in [0.25, 0.3) is 15.0 Å². The molecule has 8 heteroatoms. The number of hydrogen-bond acceptors (Lipinski definition) is 4. The van der Waals surface area contributed by atoms with Gasteiger partial charge < -0.3 is 9.47 Å². The molecule has 1 heterocycles. The highest BCUT2D eigenvalue weighted by Crippen LogP contribution is 2.44. The summed E-state index contributed by atoms with van der Waals surface area (Å²) < 4.78 is 50.2. The third kappa shape index (κ3) is 7.37. The van der Waals surface area contributed by atoms with Crippen LogP contribution >= 0.6 is 22.2 Å². The smallest absolute Gasteiger partial charge is 0.446 e. The van der Waals surface area contributed by atoms with Crippen molar-refractivity contribution in [3.8, 4) is 22.5 Å². The van der Waals surface area contributed by atoms with E-state index in [1.807, 2.05) is 13.8 Å². The number of thiophene rings is 1. The lowest BCUT2D eigenvalue weighted by molar-refractivity contribution is -0.154. The van der Waals surface area contributed by atoms with Crippen LogP contribution in [0.1, 0.15) is 36.1 Å². The molecule has 39 heavy (non-hydrogen) atoms. The molecule has 1 aromatic heterocycles. The highest BCUT2D eigenvalue weighted by atomic mass is 32.2. The van der Waals surface area contributed by atoms with Crippen molar-refractivity contribution in [1.82, 2.24) is 0 Å². The zero-order valence-electron chi connectivity index (χ0n) is 22.2. The molecule has 0 amide bonds. The molecule has 0 aliphatic rings. The molecule has 0 N–H and O–H groups in total. The van der Waals surface area contributed by atoms with E-state index in [-0.39, 0.29) is 33.7 Å². The van der Waals surface area contributed by atoms with Crippen molar-refractivity contribution in [2.75, 3.05) is 6.61 Å². The summed E-state index contributed by atoms with van der Waals surface area (Å²) in [5.74, 6) is 5.79. The Kier molecular flexibility index (Phi) is 8.34. The fourth-order valence-corrected chi connectivity index (χ4v) is 7.02. The average Bonchev–Trinajstić information content (AvgIpc) is 3.18. The molecular weight excluding hydrogens is 541 g/mol. The van der Waals surface area contributed by atoms with Crippen LogP contribution < -0.4 is 4.74 Å². The maximum atomic E-state index is 12.6. The van der Waals surface area contributed by atoms with Crippen molar-refractivity contribution in [2.24, 2.45) is 0 Å². The molecule has 1 unspecified atom stereocenters. The molecule has 0 aliphatic carbocycles. The summed E-state index contributed by atoms with van der Waals surface area (Å²) in [5.41, 5.74) is -1.79. The van der Waals surface area contributed by atoms with E-state index in [9.17, 15) is 18.0 Å². The molecule has 4 rings (SSSR count). The van der Waals surface area contributed by atoms with Gasteiger partial charge in [0.05, 0.1) is 0 Å². The Morgan fingerprint density at radius 2 is 1.59 bits per heavy atom. The van der Waals surface area contributed by atoms with Gasteiger partial charge in [-0.25, -0.2) is 4.79 Å². The van der Waals surface area contributed by atoms with Gasteiger partial charge in [-0.2, -0.15) is 13.2 Å². The highest BCUT2D eigenvalue weighted by molar-refractivity contribution is 8.00. The van der Waals surface area contributed by atoms with Crippen molar-refractivity contribution < 1.29 is 27.4 Å². The Morgan fingerprint density at radius 3 is 2.23 bits per heavy atom. The van der Waals surface area contributed by atoms with Gasteiger partial charge in [-0.1, -0.05) is 24.0 Å². The number of alkyl halides is 3. The molecule has 0 radical (unpaired) electrons. The Balaban J connectivity index is 1.40. The lowest BCUT2D eigenvalue weighted by Crippen LogP contribution is -2.29. The summed E-state index contributed by atoms with van der Waals surface area (Å²) in [7, 11) is -0.151. The number of aryl methyl sites for hydroxylation is 3. The van der Waals surface area contributed by atoms with E-state index in [0.29, 0.717) is 11.3 Å². The van der Waals surface area contributed by atoms with Gasteiger partial charge >= 0.3 is 11.5 Å². The van der Waals surface area contributed by atoms with E-state index < -0.39 is 17.1 Å². The van der Waals surface area contributed by atoms with Gasteiger partial charge in [0.25, 0.3) is 0 Å². The SMILES string of the molecule is Cc1cc(-[s+]2cc(C)c3ccccc32)cc(C)c1OCC(=O)OC(C)(C)C#Cc1ccc(SC(F)(F)F)cc1. The Bertz CT molecular complexity index is 1550. The predicted octanol–water partition coefficient (Wildman–Crippen LogP) is 8.87. The van der Waals surface area contributed by atoms with E-state index >= 15 is 0 Å². The molecule has 0 saturated carbocycles. The van der Waals surface area contributed by atoms with E-state index in [2.05, 4.69) is 60.5 Å². The minimum atomic E-state index is -4.34. The standard InChI is InChI=1S/C31H28F3O3S2/c1-20-16-25(39-19-22(3)26-8-6-7-9-27(26)39)17-21(2)29(20)36-18-28(35)37-30(4,5)15-14-23-10-12-24(13-11-23)38-31(32,33)34/h6-13,16-17,19H,18H2,1-5H3/q+1. The average molecular weight is 570 g/mol. The summed E-state index contributed by atoms with van der Waals surface area (Å²) in [5, 5.41) is 3.58. The first-order valence-electron chi connectivity index (χ1n) is 12.2. The molecule has 0 spiro atoms. The van der Waals surface area contributed by atoms with Crippen LogP contribution in [0.3, 0.4) is 0 Å². The summed E-state index contributed by atoms with van der Waals surface area (Å²) in [6, 6.07) is 18.4. The van der Waals surface area contributed by atoms with Gasteiger partial charge in [0.2, 0.25) is 0 Å². The fraction of sp³-hybridized carbons (Fsp3) is 0.258. The van der Waals surface area contributed by atoms with Gasteiger partial charge in [0.15, 0.2) is 21.8 Å². The van der Waals surface area contributed by atoms with Crippen LogP contribution in [-0.4, -0.2) is 23.7 Å². The van der Waals surface area contributed by atoms with Crippen LogP contribution in [0.15, 0.2) is 70.9 Å². The van der Waals surface area contributed by atoms with Crippen molar-refractivity contribution in [2.45, 2.75) is 50.6 Å². The van der Waals surface area contributed by atoms with Gasteiger partial charge in [-0.15, -0.1) is 0 Å². The topological polar surface area (TPSA) is 35.5 Å². The van der Waals surface area contributed by atoms with Crippen LogP contribution in [0, 0.1) is 32.6 Å².